The third-order valence-electron chi connectivity index (χ3n) is 4.35. The quantitative estimate of drug-likeness (QED) is 0.709. The molecule has 1 fully saturated rings. The molecular weight excluding hydrogens is 356 g/mol. The second-order valence-corrected chi connectivity index (χ2v) is 7.74. The lowest BCUT2D eigenvalue weighted by Crippen LogP contribution is -2.38. The van der Waals surface area contributed by atoms with Crippen LogP contribution in [-0.2, 0) is 10.0 Å². The van der Waals surface area contributed by atoms with Gasteiger partial charge in [-0.05, 0) is 62.3 Å². The fourth-order valence-corrected chi connectivity index (χ4v) is 3.55. The molecule has 9 heteroatoms. The molecule has 1 aromatic heterocycles. The van der Waals surface area contributed by atoms with Crippen molar-refractivity contribution in [3.63, 3.8) is 0 Å². The van der Waals surface area contributed by atoms with E-state index in [2.05, 4.69) is 15.5 Å². The fourth-order valence-electron chi connectivity index (χ4n) is 3.04. The molecule has 1 aliphatic heterocycles. The zero-order chi connectivity index (χ0) is 18.6. The molecule has 1 saturated heterocycles. The van der Waals surface area contributed by atoms with Gasteiger partial charge in [-0.25, -0.2) is 18.4 Å². The molecule has 1 aliphatic rings. The lowest BCUT2D eigenvalue weighted by molar-refractivity contribution is 0.207. The van der Waals surface area contributed by atoms with Crippen LogP contribution in [0.4, 0.5) is 10.5 Å². The maximum absolute atomic E-state index is 12.2. The van der Waals surface area contributed by atoms with Crippen LogP contribution < -0.4 is 15.8 Å². The summed E-state index contributed by atoms with van der Waals surface area (Å²) >= 11 is 0. The summed E-state index contributed by atoms with van der Waals surface area (Å²) in [4.78, 5) is 14.5. The van der Waals surface area contributed by atoms with Gasteiger partial charge in [0.15, 0.2) is 0 Å². The molecule has 3 rings (SSSR count). The number of carbonyl (C=O) groups is 1. The minimum absolute atomic E-state index is 0.00428. The van der Waals surface area contributed by atoms with Crippen molar-refractivity contribution in [1.29, 1.82) is 0 Å². The van der Waals surface area contributed by atoms with Crippen molar-refractivity contribution in [2.75, 3.05) is 25.0 Å². The second kappa shape index (κ2) is 7.90. The van der Waals surface area contributed by atoms with Crippen LogP contribution in [0.25, 0.3) is 0 Å². The molecule has 8 nitrogen and oxygen atoms in total. The molecule has 4 N–H and O–H groups in total. The number of hydrogen-bond donors (Lipinski definition) is 3. The van der Waals surface area contributed by atoms with E-state index in [-0.39, 0.29) is 17.0 Å². The van der Waals surface area contributed by atoms with Gasteiger partial charge in [0.25, 0.3) is 0 Å². The maximum Gasteiger partial charge on any atom is 0.319 e. The molecule has 0 radical (unpaired) electrons. The number of anilines is 1. The third-order valence-corrected chi connectivity index (χ3v) is 5.28. The van der Waals surface area contributed by atoms with Gasteiger partial charge in [-0.1, -0.05) is 0 Å². The zero-order valence-corrected chi connectivity index (χ0v) is 15.0. The number of rotatable bonds is 6. The van der Waals surface area contributed by atoms with Crippen LogP contribution in [0.5, 0.6) is 0 Å². The van der Waals surface area contributed by atoms with Crippen molar-refractivity contribution < 1.29 is 17.6 Å². The number of hydrogen-bond acceptors (Lipinski definition) is 5. The van der Waals surface area contributed by atoms with Crippen molar-refractivity contribution in [3.05, 3.63) is 48.4 Å². The topological polar surface area (TPSA) is 118 Å². The van der Waals surface area contributed by atoms with E-state index in [1.807, 2.05) is 12.1 Å². The molecule has 1 aromatic carbocycles. The van der Waals surface area contributed by atoms with Crippen LogP contribution in [0.3, 0.4) is 0 Å². The molecule has 0 aliphatic carbocycles. The summed E-state index contributed by atoms with van der Waals surface area (Å²) in [6, 6.07) is 9.04. The zero-order valence-electron chi connectivity index (χ0n) is 14.2. The lowest BCUT2D eigenvalue weighted by Gasteiger charge is -2.26. The lowest BCUT2D eigenvalue weighted by atomic mass is 10.2. The van der Waals surface area contributed by atoms with Gasteiger partial charge in [0.1, 0.15) is 5.76 Å². The highest BCUT2D eigenvalue weighted by Crippen LogP contribution is 2.24. The van der Waals surface area contributed by atoms with E-state index in [9.17, 15) is 13.2 Å². The molecule has 2 heterocycles. The number of urea groups is 1. The number of sulfonamides is 1. The SMILES string of the molecule is NS(=O)(=O)c1ccc(NC(=O)NC[C@H](c2ccco2)N2CCCC2)cc1. The highest BCUT2D eigenvalue weighted by molar-refractivity contribution is 7.89. The van der Waals surface area contributed by atoms with Crippen LogP contribution >= 0.6 is 0 Å². The van der Waals surface area contributed by atoms with Crippen molar-refractivity contribution >= 4 is 21.7 Å². The minimum Gasteiger partial charge on any atom is -0.468 e. The average molecular weight is 378 g/mol. The molecular formula is C17H22N4O4S. The normalized spacial score (nSPS) is 16.3. The largest absolute Gasteiger partial charge is 0.468 e. The highest BCUT2D eigenvalue weighted by Gasteiger charge is 2.25. The van der Waals surface area contributed by atoms with Crippen LogP contribution in [0, 0.1) is 0 Å². The molecule has 1 atom stereocenters. The first kappa shape index (κ1) is 18.4. The summed E-state index contributed by atoms with van der Waals surface area (Å²) in [5, 5.41) is 10.6. The predicted octanol–water partition coefficient (Wildman–Crippen LogP) is 1.89. The molecule has 140 valence electrons. The van der Waals surface area contributed by atoms with Gasteiger partial charge in [0.2, 0.25) is 10.0 Å². The number of benzene rings is 1. The monoisotopic (exact) mass is 378 g/mol. The summed E-state index contributed by atoms with van der Waals surface area (Å²) in [7, 11) is -3.75. The average Bonchev–Trinajstić information content (AvgIpc) is 3.29. The first-order valence-corrected chi connectivity index (χ1v) is 9.93. The molecule has 2 amide bonds. The number of nitrogens with zero attached hydrogens (tertiary/aromatic N) is 1. The van der Waals surface area contributed by atoms with Crippen molar-refractivity contribution in [3.8, 4) is 0 Å². The standard InChI is InChI=1S/C17H22N4O4S/c18-26(23,24)14-7-5-13(6-8-14)20-17(22)19-12-15(16-4-3-11-25-16)21-9-1-2-10-21/h3-8,11,15H,1-2,9-10,12H2,(H2,18,23,24)(H2,19,20,22)/t15-/m1/s1. The highest BCUT2D eigenvalue weighted by atomic mass is 32.2. The van der Waals surface area contributed by atoms with Crippen LogP contribution in [0.15, 0.2) is 52.0 Å². The predicted molar refractivity (Wildman–Crippen MR) is 97.1 cm³/mol. The number of amides is 2. The van der Waals surface area contributed by atoms with Gasteiger partial charge in [-0.3, -0.25) is 4.90 Å². The minimum atomic E-state index is -3.75. The van der Waals surface area contributed by atoms with Gasteiger partial charge < -0.3 is 15.1 Å². The van der Waals surface area contributed by atoms with E-state index in [1.54, 1.807) is 6.26 Å². The number of nitrogens with two attached hydrogens (primary N) is 1. The van der Waals surface area contributed by atoms with Gasteiger partial charge in [-0.2, -0.15) is 0 Å². The number of furan rings is 1. The summed E-state index contributed by atoms with van der Waals surface area (Å²) in [5.74, 6) is 0.824. The van der Waals surface area contributed by atoms with E-state index in [0.717, 1.165) is 31.7 Å². The summed E-state index contributed by atoms with van der Waals surface area (Å²) in [5.41, 5.74) is 0.477. The molecule has 0 bridgehead atoms. The first-order valence-electron chi connectivity index (χ1n) is 8.38. The number of carbonyl (C=O) groups excluding carboxylic acids is 1. The van der Waals surface area contributed by atoms with E-state index in [0.29, 0.717) is 12.2 Å². The van der Waals surface area contributed by atoms with Gasteiger partial charge in [-0.15, -0.1) is 0 Å². The Morgan fingerprint density at radius 2 is 1.88 bits per heavy atom. The molecule has 2 aromatic rings. The van der Waals surface area contributed by atoms with Gasteiger partial charge >= 0.3 is 6.03 Å². The number of likely N-dealkylation sites (tertiary alicyclic amines) is 1. The van der Waals surface area contributed by atoms with Gasteiger partial charge in [0.05, 0.1) is 17.2 Å². The van der Waals surface area contributed by atoms with E-state index in [4.69, 9.17) is 9.56 Å². The summed E-state index contributed by atoms with van der Waals surface area (Å²) in [6.45, 7) is 2.36. The Kier molecular flexibility index (Phi) is 5.60. The van der Waals surface area contributed by atoms with Crippen molar-refractivity contribution in [2.45, 2.75) is 23.8 Å². The number of primary sulfonamides is 1. The number of nitrogens with one attached hydrogen (secondary N) is 2. The second-order valence-electron chi connectivity index (χ2n) is 6.18. The Morgan fingerprint density at radius 1 is 1.19 bits per heavy atom. The first-order chi connectivity index (χ1) is 12.4. The molecule has 0 unspecified atom stereocenters. The van der Waals surface area contributed by atoms with Gasteiger partial charge in [0, 0.05) is 12.2 Å². The van der Waals surface area contributed by atoms with Crippen LogP contribution in [0.2, 0.25) is 0 Å². The Balaban J connectivity index is 1.58. The van der Waals surface area contributed by atoms with E-state index < -0.39 is 10.0 Å². The molecule has 0 spiro atoms. The summed E-state index contributed by atoms with van der Waals surface area (Å²) in [6.07, 6.45) is 3.91. The molecule has 26 heavy (non-hydrogen) atoms. The maximum atomic E-state index is 12.2. The smallest absolute Gasteiger partial charge is 0.319 e. The Hall–Kier alpha value is -2.36. The third kappa shape index (κ3) is 4.63. The summed E-state index contributed by atoms with van der Waals surface area (Å²) < 4.78 is 28.0. The Bertz CT molecular complexity index is 828. The van der Waals surface area contributed by atoms with Crippen molar-refractivity contribution in [1.82, 2.24) is 10.2 Å². The van der Waals surface area contributed by atoms with Crippen LogP contribution in [-0.4, -0.2) is 39.0 Å². The van der Waals surface area contributed by atoms with Crippen LogP contribution in [0.1, 0.15) is 24.6 Å². The van der Waals surface area contributed by atoms with E-state index >= 15 is 0 Å². The van der Waals surface area contributed by atoms with Crippen molar-refractivity contribution in [2.24, 2.45) is 5.14 Å². The fraction of sp³-hybridized carbons (Fsp3) is 0.353. The van der Waals surface area contributed by atoms with E-state index in [1.165, 1.54) is 24.3 Å². The molecule has 0 saturated carbocycles. The Morgan fingerprint density at radius 3 is 2.46 bits per heavy atom. The Labute approximate surface area is 152 Å².